The topological polar surface area (TPSA) is 80.0 Å². The third-order valence-corrected chi connectivity index (χ3v) is 4.15. The minimum atomic E-state index is -4.40. The highest BCUT2D eigenvalue weighted by Crippen LogP contribution is 2.29. The summed E-state index contributed by atoms with van der Waals surface area (Å²) in [5.74, 6) is -0.183. The number of imidazole rings is 1. The summed E-state index contributed by atoms with van der Waals surface area (Å²) in [6.07, 6.45) is -0.108. The Kier molecular flexibility index (Phi) is 5.52. The molecule has 0 aliphatic heterocycles. The average molecular weight is 400 g/mol. The third-order valence-electron chi connectivity index (χ3n) is 4.15. The van der Waals surface area contributed by atoms with Gasteiger partial charge in [0.15, 0.2) is 5.82 Å². The number of hydrogen-bond acceptors (Lipinski definition) is 4. The molecule has 2 aromatic heterocycles. The number of nitrogens with zero attached hydrogens (tertiary/aromatic N) is 3. The summed E-state index contributed by atoms with van der Waals surface area (Å²) in [5, 5.41) is 11.4. The lowest BCUT2D eigenvalue weighted by atomic mass is 9.63. The van der Waals surface area contributed by atoms with Crippen molar-refractivity contribution in [1.29, 1.82) is 0 Å². The second-order valence-electron chi connectivity index (χ2n) is 7.07. The largest absolute Gasteiger partial charge is 0.416 e. The molecule has 0 radical (unpaired) electrons. The van der Waals surface area contributed by atoms with E-state index in [0.29, 0.717) is 11.3 Å². The van der Waals surface area contributed by atoms with Gasteiger partial charge in [0.2, 0.25) is 0 Å². The fraction of sp³-hybridized carbons (Fsp3) is 0.167. The zero-order chi connectivity index (χ0) is 21.2. The molecule has 2 N–H and O–H groups in total. The lowest BCUT2D eigenvalue weighted by Gasteiger charge is -2.16. The van der Waals surface area contributed by atoms with Crippen LogP contribution in [0.4, 0.5) is 19.0 Å². The maximum absolute atomic E-state index is 12.8. The molecule has 0 unspecified atom stereocenters. The minimum absolute atomic E-state index is 0.175. The highest BCUT2D eigenvalue weighted by atomic mass is 19.4. The predicted octanol–water partition coefficient (Wildman–Crippen LogP) is 0.966. The van der Waals surface area contributed by atoms with Crippen molar-refractivity contribution in [1.82, 2.24) is 14.5 Å². The lowest BCUT2D eigenvalue weighted by Crippen LogP contribution is -2.27. The second kappa shape index (κ2) is 7.75. The highest BCUT2D eigenvalue weighted by molar-refractivity contribution is 6.38. The number of pyridine rings is 1. The molecular weight excluding hydrogens is 383 g/mol. The quantitative estimate of drug-likeness (QED) is 0.626. The Labute approximate surface area is 166 Å². The van der Waals surface area contributed by atoms with Crippen molar-refractivity contribution in [3.63, 3.8) is 0 Å². The summed E-state index contributed by atoms with van der Waals surface area (Å²) in [6.45, 7) is 0.175. The Hall–Kier alpha value is -3.07. The van der Waals surface area contributed by atoms with E-state index in [1.165, 1.54) is 30.9 Å². The molecule has 6 nitrogen and oxygen atoms in total. The summed E-state index contributed by atoms with van der Waals surface area (Å²) in [5.41, 5.74) is 0.456. The molecule has 2 heterocycles. The first kappa shape index (κ1) is 20.7. The normalized spacial score (nSPS) is 12.0. The van der Waals surface area contributed by atoms with E-state index in [4.69, 9.17) is 0 Å². The number of rotatable bonds is 5. The van der Waals surface area contributed by atoms with Crippen LogP contribution in [-0.2, 0) is 18.1 Å². The number of amides is 1. The van der Waals surface area contributed by atoms with Gasteiger partial charge in [-0.2, -0.15) is 13.2 Å². The van der Waals surface area contributed by atoms with Gasteiger partial charge in [-0.3, -0.25) is 9.78 Å². The van der Waals surface area contributed by atoms with Gasteiger partial charge < -0.3 is 15.0 Å². The van der Waals surface area contributed by atoms with E-state index in [9.17, 15) is 23.1 Å². The van der Waals surface area contributed by atoms with E-state index < -0.39 is 23.0 Å². The van der Waals surface area contributed by atoms with Crippen LogP contribution in [0.2, 0.25) is 0 Å². The van der Waals surface area contributed by atoms with Crippen LogP contribution in [0.1, 0.15) is 27.2 Å². The molecule has 1 aromatic carbocycles. The number of aromatic nitrogens is 3. The number of carbonyl (C=O) groups excluding carboxylic acids is 1. The van der Waals surface area contributed by atoms with Crippen LogP contribution in [0, 0.1) is 0 Å². The maximum atomic E-state index is 12.8. The molecule has 0 fully saturated rings. The zero-order valence-electron chi connectivity index (χ0n) is 15.7. The van der Waals surface area contributed by atoms with Crippen LogP contribution >= 0.6 is 0 Å². The van der Waals surface area contributed by atoms with E-state index in [0.717, 1.165) is 12.1 Å². The fourth-order valence-electron chi connectivity index (χ4n) is 2.65. The number of aliphatic hydroxyl groups is 1. The first-order chi connectivity index (χ1) is 13.5. The molecule has 3 aromatic rings. The number of hydrogen-bond donors (Lipinski definition) is 2. The summed E-state index contributed by atoms with van der Waals surface area (Å²) >= 11 is 0. The molecule has 11 heteroatoms. The molecule has 29 heavy (non-hydrogen) atoms. The Morgan fingerprint density at radius 3 is 2.55 bits per heavy atom. The number of nitrogens with one attached hydrogen (secondary N) is 1. The van der Waals surface area contributed by atoms with Crippen molar-refractivity contribution in [3.05, 3.63) is 77.5 Å². The molecule has 148 valence electrons. The highest BCUT2D eigenvalue weighted by Gasteiger charge is 2.30. The van der Waals surface area contributed by atoms with E-state index >= 15 is 0 Å². The molecular formula is C18H17B2F3N4O2. The SMILES string of the molecule is BC(B)(O)c1ccc(C(=O)Nc2cn(Cc3cccc(C(F)(F)F)c3)cn2)cn1. The van der Waals surface area contributed by atoms with E-state index in [1.54, 1.807) is 32.4 Å². The van der Waals surface area contributed by atoms with Crippen LogP contribution < -0.4 is 5.32 Å². The number of carbonyl (C=O) groups is 1. The monoisotopic (exact) mass is 400 g/mol. The Balaban J connectivity index is 1.67. The summed E-state index contributed by atoms with van der Waals surface area (Å²) < 4.78 is 40.0. The summed E-state index contributed by atoms with van der Waals surface area (Å²) in [4.78, 5) is 20.4. The van der Waals surface area contributed by atoms with Crippen LogP contribution in [0.3, 0.4) is 0 Å². The molecule has 0 aliphatic rings. The van der Waals surface area contributed by atoms with Crippen molar-refractivity contribution < 1.29 is 23.1 Å². The van der Waals surface area contributed by atoms with Gasteiger partial charge in [-0.05, 0) is 29.8 Å². The van der Waals surface area contributed by atoms with Crippen LogP contribution in [0.25, 0.3) is 0 Å². The van der Waals surface area contributed by atoms with Gasteiger partial charge in [0.05, 0.1) is 23.1 Å². The molecule has 0 saturated heterocycles. The van der Waals surface area contributed by atoms with Crippen molar-refractivity contribution in [2.45, 2.75) is 18.1 Å². The summed E-state index contributed by atoms with van der Waals surface area (Å²) in [7, 11) is 3.18. The van der Waals surface area contributed by atoms with Gasteiger partial charge in [0.25, 0.3) is 5.91 Å². The van der Waals surface area contributed by atoms with Gasteiger partial charge in [-0.15, -0.1) is 0 Å². The van der Waals surface area contributed by atoms with Crippen molar-refractivity contribution in [2.75, 3.05) is 5.32 Å². The molecule has 0 atom stereocenters. The molecule has 3 rings (SSSR count). The van der Waals surface area contributed by atoms with Crippen LogP contribution in [0.15, 0.2) is 55.1 Å². The van der Waals surface area contributed by atoms with Gasteiger partial charge in [0.1, 0.15) is 15.7 Å². The predicted molar refractivity (Wildman–Crippen MR) is 106 cm³/mol. The molecule has 1 amide bonds. The second-order valence-corrected chi connectivity index (χ2v) is 7.07. The average Bonchev–Trinajstić information content (AvgIpc) is 3.07. The van der Waals surface area contributed by atoms with Crippen molar-refractivity contribution >= 4 is 27.4 Å². The van der Waals surface area contributed by atoms with Gasteiger partial charge in [-0.1, -0.05) is 12.1 Å². The van der Waals surface area contributed by atoms with E-state index in [2.05, 4.69) is 15.3 Å². The van der Waals surface area contributed by atoms with Crippen LogP contribution in [0.5, 0.6) is 0 Å². The molecule has 0 saturated carbocycles. The molecule has 0 aliphatic carbocycles. The molecule has 0 spiro atoms. The number of halogens is 3. The number of benzene rings is 1. The first-order valence-electron chi connectivity index (χ1n) is 8.70. The third kappa shape index (κ3) is 5.26. The smallest absolute Gasteiger partial charge is 0.402 e. The number of anilines is 1. The van der Waals surface area contributed by atoms with Crippen molar-refractivity contribution in [3.8, 4) is 0 Å². The fourth-order valence-corrected chi connectivity index (χ4v) is 2.65. The maximum Gasteiger partial charge on any atom is 0.416 e. The minimum Gasteiger partial charge on any atom is -0.402 e. The van der Waals surface area contributed by atoms with Gasteiger partial charge >= 0.3 is 6.18 Å². The Bertz CT molecular complexity index is 1010. The Morgan fingerprint density at radius 1 is 1.17 bits per heavy atom. The van der Waals surface area contributed by atoms with Crippen LogP contribution in [-0.4, -0.2) is 41.2 Å². The number of alkyl halides is 3. The van der Waals surface area contributed by atoms with E-state index in [-0.39, 0.29) is 17.9 Å². The first-order valence-corrected chi connectivity index (χ1v) is 8.70. The molecule has 0 bridgehead atoms. The van der Waals surface area contributed by atoms with Gasteiger partial charge in [-0.25, -0.2) is 4.98 Å². The Morgan fingerprint density at radius 2 is 1.93 bits per heavy atom. The summed E-state index contributed by atoms with van der Waals surface area (Å²) in [6, 6.07) is 8.12. The van der Waals surface area contributed by atoms with E-state index in [1.807, 2.05) is 0 Å². The van der Waals surface area contributed by atoms with Crippen molar-refractivity contribution in [2.24, 2.45) is 0 Å². The lowest BCUT2D eigenvalue weighted by molar-refractivity contribution is -0.137. The zero-order valence-corrected chi connectivity index (χ0v) is 15.7. The van der Waals surface area contributed by atoms with Gasteiger partial charge in [0, 0.05) is 24.3 Å². The standard InChI is InChI=1S/C18H17B2F3N4O2/c19-17(20,29)14-5-4-12(7-24-14)16(28)26-15-9-27(10-25-15)8-11-2-1-3-13(6-11)18(21,22)23/h1-7,9-10,29H,8,19-20H2,(H,26,28).